The molecule has 0 spiro atoms. The first-order valence-corrected chi connectivity index (χ1v) is 8.22. The van der Waals surface area contributed by atoms with Crippen LogP contribution in [0.1, 0.15) is 48.4 Å². The fourth-order valence-corrected chi connectivity index (χ4v) is 2.40. The summed E-state index contributed by atoms with van der Waals surface area (Å²) in [5.74, 6) is -1.78. The number of esters is 1. The molecular formula is C18H22N2O6. The van der Waals surface area contributed by atoms with Crippen LogP contribution >= 0.6 is 0 Å². The first-order valence-electron chi connectivity index (χ1n) is 8.22. The van der Waals surface area contributed by atoms with Crippen molar-refractivity contribution >= 4 is 23.9 Å². The Hall–Kier alpha value is -2.90. The molecule has 0 aromatic heterocycles. The largest absolute Gasteiger partial charge is 0.462 e. The number of nitrogens with one attached hydrogen (secondary N) is 1. The van der Waals surface area contributed by atoms with E-state index in [0.717, 1.165) is 4.90 Å². The van der Waals surface area contributed by atoms with Crippen molar-refractivity contribution in [2.45, 2.75) is 39.3 Å². The highest BCUT2D eigenvalue weighted by Gasteiger charge is 2.41. The molecule has 1 unspecified atom stereocenters. The molecule has 8 nitrogen and oxygen atoms in total. The van der Waals surface area contributed by atoms with Crippen LogP contribution in [-0.2, 0) is 14.3 Å². The number of benzene rings is 1. The Morgan fingerprint density at radius 1 is 1.12 bits per heavy atom. The predicted molar refractivity (Wildman–Crippen MR) is 91.6 cm³/mol. The molecule has 1 aliphatic rings. The molecule has 1 heterocycles. The van der Waals surface area contributed by atoms with E-state index in [2.05, 4.69) is 5.32 Å². The second-order valence-corrected chi connectivity index (χ2v) is 6.80. The lowest BCUT2D eigenvalue weighted by molar-refractivity contribution is -0.147. The molecule has 0 aliphatic carbocycles. The molecule has 3 amide bonds. The molecule has 0 radical (unpaired) electrons. The molecule has 8 heteroatoms. The van der Waals surface area contributed by atoms with Gasteiger partial charge >= 0.3 is 12.1 Å². The highest BCUT2D eigenvalue weighted by atomic mass is 16.6. The number of carbonyl (C=O) groups excluding carboxylic acids is 4. The third kappa shape index (κ3) is 4.38. The Bertz CT molecular complexity index is 702. The van der Waals surface area contributed by atoms with E-state index in [9.17, 15) is 19.2 Å². The van der Waals surface area contributed by atoms with Crippen LogP contribution in [0.15, 0.2) is 24.3 Å². The fraction of sp³-hybridized carbons (Fsp3) is 0.444. The number of hydrogen-bond donors (Lipinski definition) is 1. The van der Waals surface area contributed by atoms with Crippen molar-refractivity contribution in [3.63, 3.8) is 0 Å². The summed E-state index contributed by atoms with van der Waals surface area (Å²) in [6, 6.07) is 5.32. The van der Waals surface area contributed by atoms with Crippen LogP contribution in [0.4, 0.5) is 4.79 Å². The van der Waals surface area contributed by atoms with Gasteiger partial charge in [-0.05, 0) is 39.8 Å². The zero-order chi connectivity index (χ0) is 19.5. The van der Waals surface area contributed by atoms with Gasteiger partial charge in [0.05, 0.1) is 17.7 Å². The number of fused-ring (bicyclic) bond motifs is 1. The van der Waals surface area contributed by atoms with Gasteiger partial charge in [-0.1, -0.05) is 12.1 Å². The molecule has 0 fully saturated rings. The summed E-state index contributed by atoms with van der Waals surface area (Å²) in [6.45, 7) is 6.56. The van der Waals surface area contributed by atoms with Crippen molar-refractivity contribution in [1.82, 2.24) is 10.2 Å². The SMILES string of the molecule is CC(C(=O)OCCNC(=O)OC(C)(C)C)N1C(=O)c2ccccc2C1=O. The highest BCUT2D eigenvalue weighted by Crippen LogP contribution is 2.24. The number of ether oxygens (including phenoxy) is 2. The zero-order valence-corrected chi connectivity index (χ0v) is 15.2. The van der Waals surface area contributed by atoms with Gasteiger partial charge in [0.2, 0.25) is 0 Å². The van der Waals surface area contributed by atoms with Gasteiger partial charge < -0.3 is 14.8 Å². The van der Waals surface area contributed by atoms with Crippen LogP contribution in [0.2, 0.25) is 0 Å². The summed E-state index contributed by atoms with van der Waals surface area (Å²) < 4.78 is 10.1. The van der Waals surface area contributed by atoms with Crippen LogP contribution in [0, 0.1) is 0 Å². The lowest BCUT2D eigenvalue weighted by Crippen LogP contribution is -2.44. The quantitative estimate of drug-likeness (QED) is 0.486. The normalized spacial score (nSPS) is 14.7. The Morgan fingerprint density at radius 2 is 1.65 bits per heavy atom. The Labute approximate surface area is 151 Å². The van der Waals surface area contributed by atoms with E-state index in [1.54, 1.807) is 45.0 Å². The first-order chi connectivity index (χ1) is 12.1. The lowest BCUT2D eigenvalue weighted by atomic mass is 10.1. The number of rotatable bonds is 5. The summed E-state index contributed by atoms with van der Waals surface area (Å²) in [5.41, 5.74) is -0.0895. The minimum absolute atomic E-state index is 0.0511. The number of hydrogen-bond acceptors (Lipinski definition) is 6. The smallest absolute Gasteiger partial charge is 0.407 e. The molecule has 140 valence electrons. The van der Waals surface area contributed by atoms with Crippen LogP contribution in [0.25, 0.3) is 0 Å². The van der Waals surface area contributed by atoms with Gasteiger partial charge in [0.1, 0.15) is 18.2 Å². The molecule has 0 saturated carbocycles. The van der Waals surface area contributed by atoms with Crippen molar-refractivity contribution in [3.8, 4) is 0 Å². The van der Waals surface area contributed by atoms with E-state index in [1.807, 2.05) is 0 Å². The molecular weight excluding hydrogens is 340 g/mol. The third-order valence-electron chi connectivity index (χ3n) is 3.57. The maximum Gasteiger partial charge on any atom is 0.407 e. The lowest BCUT2D eigenvalue weighted by Gasteiger charge is -2.21. The second kappa shape index (κ2) is 7.55. The van der Waals surface area contributed by atoms with Crippen LogP contribution < -0.4 is 5.32 Å². The molecule has 0 saturated heterocycles. The molecule has 0 bridgehead atoms. The second-order valence-electron chi connectivity index (χ2n) is 6.80. The molecule has 1 aromatic rings. The monoisotopic (exact) mass is 362 g/mol. The molecule has 26 heavy (non-hydrogen) atoms. The van der Waals surface area contributed by atoms with Crippen molar-refractivity contribution in [2.75, 3.05) is 13.2 Å². The predicted octanol–water partition coefficient (Wildman–Crippen LogP) is 1.74. The fourth-order valence-electron chi connectivity index (χ4n) is 2.40. The average molecular weight is 362 g/mol. The number of amides is 3. The summed E-state index contributed by atoms with van der Waals surface area (Å²) in [5, 5.41) is 2.45. The van der Waals surface area contributed by atoms with Crippen LogP contribution in [0.3, 0.4) is 0 Å². The van der Waals surface area contributed by atoms with Crippen LogP contribution in [0.5, 0.6) is 0 Å². The maximum absolute atomic E-state index is 12.3. The van der Waals surface area contributed by atoms with Gasteiger partial charge in [0.25, 0.3) is 11.8 Å². The maximum atomic E-state index is 12.3. The van der Waals surface area contributed by atoms with Gasteiger partial charge in [0.15, 0.2) is 0 Å². The summed E-state index contributed by atoms with van der Waals surface area (Å²) in [6.07, 6.45) is -0.623. The van der Waals surface area contributed by atoms with Crippen molar-refractivity contribution in [3.05, 3.63) is 35.4 Å². The summed E-state index contributed by atoms with van der Waals surface area (Å²) in [7, 11) is 0. The molecule has 1 aromatic carbocycles. The van der Waals surface area contributed by atoms with E-state index in [0.29, 0.717) is 0 Å². The molecule has 2 rings (SSSR count). The minimum Gasteiger partial charge on any atom is -0.462 e. The topological polar surface area (TPSA) is 102 Å². The highest BCUT2D eigenvalue weighted by molar-refractivity contribution is 6.22. The Morgan fingerprint density at radius 3 is 2.15 bits per heavy atom. The van der Waals surface area contributed by atoms with Crippen molar-refractivity contribution in [2.24, 2.45) is 0 Å². The van der Waals surface area contributed by atoms with Crippen molar-refractivity contribution in [1.29, 1.82) is 0 Å². The standard InChI is InChI=1S/C18H22N2O6/c1-11(16(23)25-10-9-19-17(24)26-18(2,3)4)20-14(21)12-7-5-6-8-13(12)15(20)22/h5-8,11H,9-10H2,1-4H3,(H,19,24). The summed E-state index contributed by atoms with van der Waals surface area (Å²) in [4.78, 5) is 49.2. The van der Waals surface area contributed by atoms with Gasteiger partial charge in [0, 0.05) is 0 Å². The minimum atomic E-state index is -1.07. The average Bonchev–Trinajstić information content (AvgIpc) is 2.81. The zero-order valence-electron chi connectivity index (χ0n) is 15.2. The number of nitrogens with zero attached hydrogens (tertiary/aromatic N) is 1. The van der Waals surface area contributed by atoms with Gasteiger partial charge in [-0.3, -0.25) is 14.5 Å². The number of carbonyl (C=O) groups is 4. The molecule has 1 atom stereocenters. The first kappa shape index (κ1) is 19.4. The Kier molecular flexibility index (Phi) is 5.64. The van der Waals surface area contributed by atoms with E-state index in [1.165, 1.54) is 6.92 Å². The number of alkyl carbamates (subject to hydrolysis) is 1. The summed E-state index contributed by atoms with van der Waals surface area (Å²) >= 11 is 0. The Balaban J connectivity index is 1.84. The number of imide groups is 1. The van der Waals surface area contributed by atoms with Crippen LogP contribution in [-0.4, -0.2) is 53.6 Å². The van der Waals surface area contributed by atoms with E-state index < -0.39 is 35.5 Å². The van der Waals surface area contributed by atoms with Gasteiger partial charge in [-0.15, -0.1) is 0 Å². The third-order valence-corrected chi connectivity index (χ3v) is 3.57. The molecule has 1 N–H and O–H groups in total. The van der Waals surface area contributed by atoms with Crippen molar-refractivity contribution < 1.29 is 28.7 Å². The molecule has 1 aliphatic heterocycles. The van der Waals surface area contributed by atoms with Gasteiger partial charge in [-0.2, -0.15) is 0 Å². The van der Waals surface area contributed by atoms with E-state index in [-0.39, 0.29) is 24.3 Å². The van der Waals surface area contributed by atoms with E-state index >= 15 is 0 Å². The van der Waals surface area contributed by atoms with E-state index in [4.69, 9.17) is 9.47 Å². The van der Waals surface area contributed by atoms with Gasteiger partial charge in [-0.25, -0.2) is 9.59 Å².